The lowest BCUT2D eigenvalue weighted by Gasteiger charge is -2.15. The van der Waals surface area contributed by atoms with E-state index in [1.165, 1.54) is 23.1 Å². The fourth-order valence-corrected chi connectivity index (χ4v) is 1.37. The summed E-state index contributed by atoms with van der Waals surface area (Å²) in [5.41, 5.74) is 0.420. The molecule has 0 saturated heterocycles. The summed E-state index contributed by atoms with van der Waals surface area (Å²) in [6.45, 7) is 2.27. The average molecular weight is 279 g/mol. The molecule has 1 rings (SSSR count). The molecule has 0 fully saturated rings. The van der Waals surface area contributed by atoms with Crippen molar-refractivity contribution in [1.82, 2.24) is 10.2 Å². The van der Waals surface area contributed by atoms with Crippen LogP contribution in [0.25, 0.3) is 0 Å². The van der Waals surface area contributed by atoms with E-state index in [0.29, 0.717) is 12.2 Å². The van der Waals surface area contributed by atoms with E-state index < -0.39 is 12.0 Å². The summed E-state index contributed by atoms with van der Waals surface area (Å²) in [4.78, 5) is 35.3. The first-order chi connectivity index (χ1) is 9.43. The quantitative estimate of drug-likeness (QED) is 0.748. The van der Waals surface area contributed by atoms with E-state index >= 15 is 0 Å². The molecule has 1 aromatic carbocycles. The first-order valence-corrected chi connectivity index (χ1v) is 6.06. The molecular formula is C13H17N3O4. The largest absolute Gasteiger partial charge is 0.478 e. The molecule has 0 atom stereocenters. The number of benzene rings is 1. The second-order valence-electron chi connectivity index (χ2n) is 4.10. The Hall–Kier alpha value is -2.57. The second kappa shape index (κ2) is 7.13. The number of hydrogen-bond donors (Lipinski definition) is 3. The number of nitrogens with zero attached hydrogens (tertiary/aromatic N) is 1. The Kier molecular flexibility index (Phi) is 5.52. The first-order valence-electron chi connectivity index (χ1n) is 6.06. The molecule has 7 nitrogen and oxygen atoms in total. The zero-order valence-corrected chi connectivity index (χ0v) is 11.3. The Labute approximate surface area is 116 Å². The maximum absolute atomic E-state index is 11.6. The van der Waals surface area contributed by atoms with Gasteiger partial charge in [-0.3, -0.25) is 4.79 Å². The Morgan fingerprint density at radius 2 is 2.00 bits per heavy atom. The molecule has 0 heterocycles. The third kappa shape index (κ3) is 4.60. The van der Waals surface area contributed by atoms with Crippen molar-refractivity contribution in [2.75, 3.05) is 25.5 Å². The van der Waals surface area contributed by atoms with Gasteiger partial charge < -0.3 is 20.6 Å². The van der Waals surface area contributed by atoms with Crippen molar-refractivity contribution in [1.29, 1.82) is 0 Å². The first kappa shape index (κ1) is 15.5. The fourth-order valence-electron chi connectivity index (χ4n) is 1.37. The van der Waals surface area contributed by atoms with Gasteiger partial charge in [0, 0.05) is 19.3 Å². The number of hydrogen-bond acceptors (Lipinski definition) is 3. The number of amides is 3. The molecule has 0 aliphatic heterocycles. The molecule has 20 heavy (non-hydrogen) atoms. The van der Waals surface area contributed by atoms with E-state index in [2.05, 4.69) is 10.6 Å². The molecule has 0 aliphatic rings. The lowest BCUT2D eigenvalue weighted by molar-refractivity contribution is -0.128. The van der Waals surface area contributed by atoms with E-state index in [0.717, 1.165) is 0 Å². The Bertz CT molecular complexity index is 516. The van der Waals surface area contributed by atoms with Crippen LogP contribution in [-0.2, 0) is 4.79 Å². The van der Waals surface area contributed by atoms with Crippen molar-refractivity contribution in [3.05, 3.63) is 29.8 Å². The molecular weight excluding hydrogens is 262 g/mol. The molecule has 0 saturated carbocycles. The van der Waals surface area contributed by atoms with Crippen LogP contribution in [0.2, 0.25) is 0 Å². The van der Waals surface area contributed by atoms with Crippen LogP contribution in [0, 0.1) is 0 Å². The fraction of sp³-hybridized carbons (Fsp3) is 0.308. The summed E-state index contributed by atoms with van der Waals surface area (Å²) in [5.74, 6) is -1.28. The number of carbonyl (C=O) groups excluding carboxylic acids is 2. The highest BCUT2D eigenvalue weighted by molar-refractivity contribution is 5.94. The molecule has 3 amide bonds. The summed E-state index contributed by atoms with van der Waals surface area (Å²) in [6.07, 6.45) is 0. The molecule has 0 radical (unpaired) electrons. The molecule has 1 aromatic rings. The monoisotopic (exact) mass is 279 g/mol. The lowest BCUT2D eigenvalue weighted by Crippen LogP contribution is -2.39. The molecule has 7 heteroatoms. The SMILES string of the molecule is CCN(C)C(=O)CNC(=O)Nc1cccc(C(=O)O)c1. The molecule has 0 aliphatic carbocycles. The van der Waals surface area contributed by atoms with Gasteiger partial charge in [0.1, 0.15) is 0 Å². The minimum atomic E-state index is -1.08. The van der Waals surface area contributed by atoms with Crippen molar-refractivity contribution in [3.8, 4) is 0 Å². The lowest BCUT2D eigenvalue weighted by atomic mass is 10.2. The van der Waals surface area contributed by atoms with E-state index in [1.807, 2.05) is 6.92 Å². The second-order valence-corrected chi connectivity index (χ2v) is 4.10. The van der Waals surface area contributed by atoms with Gasteiger partial charge in [-0.1, -0.05) is 6.07 Å². The van der Waals surface area contributed by atoms with Gasteiger partial charge in [0.05, 0.1) is 12.1 Å². The molecule has 3 N–H and O–H groups in total. The van der Waals surface area contributed by atoms with Crippen molar-refractivity contribution >= 4 is 23.6 Å². The highest BCUT2D eigenvalue weighted by Gasteiger charge is 2.09. The topological polar surface area (TPSA) is 98.7 Å². The number of likely N-dealkylation sites (N-methyl/N-ethyl adjacent to an activating group) is 1. The normalized spacial score (nSPS) is 9.70. The van der Waals surface area contributed by atoms with Crippen molar-refractivity contribution < 1.29 is 19.5 Å². The minimum Gasteiger partial charge on any atom is -0.478 e. The van der Waals surface area contributed by atoms with Crippen LogP contribution in [0.1, 0.15) is 17.3 Å². The highest BCUT2D eigenvalue weighted by atomic mass is 16.4. The van der Waals surface area contributed by atoms with Gasteiger partial charge in [0.15, 0.2) is 0 Å². The summed E-state index contributed by atoms with van der Waals surface area (Å²) >= 11 is 0. The van der Waals surface area contributed by atoms with Crippen molar-refractivity contribution in [2.45, 2.75) is 6.92 Å². The smallest absolute Gasteiger partial charge is 0.335 e. The number of carbonyl (C=O) groups is 3. The van der Waals surface area contributed by atoms with Crippen LogP contribution in [0.15, 0.2) is 24.3 Å². The van der Waals surface area contributed by atoms with Crippen LogP contribution >= 0.6 is 0 Å². The van der Waals surface area contributed by atoms with Crippen LogP contribution in [-0.4, -0.2) is 48.1 Å². The Balaban J connectivity index is 2.52. The predicted molar refractivity (Wildman–Crippen MR) is 73.7 cm³/mol. The number of aromatic carboxylic acids is 1. The standard InChI is InChI=1S/C13H17N3O4/c1-3-16(2)11(17)8-14-13(20)15-10-6-4-5-9(7-10)12(18)19/h4-7H,3,8H2,1-2H3,(H,18,19)(H2,14,15,20). The van der Waals surface area contributed by atoms with Crippen molar-refractivity contribution in [2.24, 2.45) is 0 Å². The maximum Gasteiger partial charge on any atom is 0.335 e. The number of nitrogens with one attached hydrogen (secondary N) is 2. The summed E-state index contributed by atoms with van der Waals surface area (Å²) < 4.78 is 0. The Morgan fingerprint density at radius 1 is 1.30 bits per heavy atom. The molecule has 0 bridgehead atoms. The van der Waals surface area contributed by atoms with Crippen LogP contribution in [0.5, 0.6) is 0 Å². The van der Waals surface area contributed by atoms with Crippen LogP contribution in [0.3, 0.4) is 0 Å². The zero-order valence-electron chi connectivity index (χ0n) is 11.3. The number of carboxylic acids is 1. The molecule has 0 unspecified atom stereocenters. The number of anilines is 1. The number of carboxylic acid groups (broad SMARTS) is 1. The maximum atomic E-state index is 11.6. The van der Waals surface area contributed by atoms with E-state index in [9.17, 15) is 14.4 Å². The van der Waals surface area contributed by atoms with Gasteiger partial charge in [0.2, 0.25) is 5.91 Å². The minimum absolute atomic E-state index is 0.0737. The molecule has 108 valence electrons. The average Bonchev–Trinajstić information content (AvgIpc) is 2.44. The highest BCUT2D eigenvalue weighted by Crippen LogP contribution is 2.10. The number of rotatable bonds is 5. The van der Waals surface area contributed by atoms with E-state index in [1.54, 1.807) is 13.1 Å². The van der Waals surface area contributed by atoms with Gasteiger partial charge in [0.25, 0.3) is 0 Å². The molecule has 0 aromatic heterocycles. The Morgan fingerprint density at radius 3 is 2.60 bits per heavy atom. The summed E-state index contributed by atoms with van der Waals surface area (Å²) in [6, 6.07) is 5.28. The third-order valence-electron chi connectivity index (χ3n) is 2.67. The number of urea groups is 1. The van der Waals surface area contributed by atoms with Gasteiger partial charge in [-0.15, -0.1) is 0 Å². The van der Waals surface area contributed by atoms with Crippen LogP contribution in [0.4, 0.5) is 10.5 Å². The van der Waals surface area contributed by atoms with Gasteiger partial charge in [-0.2, -0.15) is 0 Å². The third-order valence-corrected chi connectivity index (χ3v) is 2.67. The predicted octanol–water partition coefficient (Wildman–Crippen LogP) is 0.985. The zero-order chi connectivity index (χ0) is 15.1. The van der Waals surface area contributed by atoms with Gasteiger partial charge in [-0.05, 0) is 25.1 Å². The van der Waals surface area contributed by atoms with E-state index in [-0.39, 0.29) is 18.0 Å². The van der Waals surface area contributed by atoms with Gasteiger partial charge >= 0.3 is 12.0 Å². The van der Waals surface area contributed by atoms with Gasteiger partial charge in [-0.25, -0.2) is 9.59 Å². The summed E-state index contributed by atoms with van der Waals surface area (Å²) in [5, 5.41) is 13.7. The summed E-state index contributed by atoms with van der Waals surface area (Å²) in [7, 11) is 1.64. The molecule has 0 spiro atoms. The van der Waals surface area contributed by atoms with E-state index in [4.69, 9.17) is 5.11 Å². The van der Waals surface area contributed by atoms with Crippen molar-refractivity contribution in [3.63, 3.8) is 0 Å². The van der Waals surface area contributed by atoms with Crippen LogP contribution < -0.4 is 10.6 Å².